The van der Waals surface area contributed by atoms with E-state index in [9.17, 15) is 21.6 Å². The fraction of sp³-hybridized carbons (Fsp3) is 0.500. The molecule has 0 saturated carbocycles. The van der Waals surface area contributed by atoms with Crippen LogP contribution in [0.1, 0.15) is 27.5 Å². The highest BCUT2D eigenvalue weighted by Crippen LogP contribution is 2.19. The molecule has 0 spiro atoms. The van der Waals surface area contributed by atoms with Crippen LogP contribution in [0.3, 0.4) is 0 Å². The Labute approximate surface area is 192 Å². The molecule has 32 heavy (non-hydrogen) atoms. The molecule has 2 fully saturated rings. The van der Waals surface area contributed by atoms with Gasteiger partial charge in [0.25, 0.3) is 5.91 Å². The predicted molar refractivity (Wildman–Crippen MR) is 122 cm³/mol. The molecule has 0 unspecified atom stereocenters. The number of benzene rings is 1. The van der Waals surface area contributed by atoms with Gasteiger partial charge in [-0.15, -0.1) is 11.3 Å². The lowest BCUT2D eigenvalue weighted by Crippen LogP contribution is -2.48. The van der Waals surface area contributed by atoms with Gasteiger partial charge in [0.1, 0.15) is 0 Å². The quantitative estimate of drug-likeness (QED) is 0.628. The van der Waals surface area contributed by atoms with Crippen molar-refractivity contribution in [3.63, 3.8) is 0 Å². The van der Waals surface area contributed by atoms with E-state index in [0.717, 1.165) is 30.3 Å². The van der Waals surface area contributed by atoms with E-state index in [1.54, 1.807) is 22.3 Å². The number of piperazine rings is 1. The number of carbonyl (C=O) groups excluding carboxylic acids is 1. The molecule has 2 aliphatic heterocycles. The highest BCUT2D eigenvalue weighted by Gasteiger charge is 2.32. The molecule has 0 bridgehead atoms. The van der Waals surface area contributed by atoms with Crippen molar-refractivity contribution >= 4 is 37.1 Å². The summed E-state index contributed by atoms with van der Waals surface area (Å²) in [6.07, 6.45) is 0.255. The summed E-state index contributed by atoms with van der Waals surface area (Å²) in [7, 11) is -7.13. The number of nitrogens with zero attached hydrogens (tertiary/aromatic N) is 3. The van der Waals surface area contributed by atoms with Crippen LogP contribution in [0, 0.1) is 6.92 Å². The average molecular weight is 499 g/mol. The molecule has 1 aromatic heterocycles. The SMILES string of the molecule is Cc1nc(CN2CCN(C(=O)c3cccc(S(=O)(=O)N[C@H]4CCS(=O)(=O)C4)c3)CC2)cs1. The molecule has 2 aliphatic rings. The van der Waals surface area contributed by atoms with Gasteiger partial charge in [-0.2, -0.15) is 0 Å². The van der Waals surface area contributed by atoms with Crippen molar-refractivity contribution in [2.45, 2.75) is 30.8 Å². The van der Waals surface area contributed by atoms with Gasteiger partial charge in [-0.3, -0.25) is 9.69 Å². The second kappa shape index (κ2) is 9.18. The summed E-state index contributed by atoms with van der Waals surface area (Å²) in [6.45, 7) is 5.27. The second-order valence-corrected chi connectivity index (χ2v) is 13.2. The van der Waals surface area contributed by atoms with Gasteiger partial charge in [0, 0.05) is 49.7 Å². The van der Waals surface area contributed by atoms with Crippen LogP contribution >= 0.6 is 11.3 Å². The number of amides is 1. The first-order valence-corrected chi connectivity index (χ1v) is 14.6. The van der Waals surface area contributed by atoms with Gasteiger partial charge in [-0.05, 0) is 31.5 Å². The largest absolute Gasteiger partial charge is 0.336 e. The van der Waals surface area contributed by atoms with Gasteiger partial charge < -0.3 is 4.90 Å². The van der Waals surface area contributed by atoms with E-state index in [1.165, 1.54) is 18.2 Å². The van der Waals surface area contributed by atoms with E-state index in [1.807, 2.05) is 12.3 Å². The molecule has 1 amide bonds. The molecule has 9 nitrogen and oxygen atoms in total. The molecule has 4 rings (SSSR count). The summed E-state index contributed by atoms with van der Waals surface area (Å²) in [5.74, 6) is -0.433. The van der Waals surface area contributed by atoms with Crippen LogP contribution in [-0.2, 0) is 26.4 Å². The molecule has 174 valence electrons. The van der Waals surface area contributed by atoms with Gasteiger partial charge in [-0.1, -0.05) is 6.07 Å². The monoisotopic (exact) mass is 498 g/mol. The topological polar surface area (TPSA) is 117 Å². The van der Waals surface area contributed by atoms with Crippen molar-refractivity contribution < 1.29 is 21.6 Å². The van der Waals surface area contributed by atoms with Crippen molar-refractivity contribution in [1.82, 2.24) is 19.5 Å². The number of rotatable bonds is 6. The van der Waals surface area contributed by atoms with Gasteiger partial charge in [0.05, 0.1) is 27.1 Å². The lowest BCUT2D eigenvalue weighted by atomic mass is 10.2. The van der Waals surface area contributed by atoms with Crippen molar-refractivity contribution in [2.75, 3.05) is 37.7 Å². The minimum Gasteiger partial charge on any atom is -0.336 e. The minimum atomic E-state index is -3.92. The number of thiazole rings is 1. The van der Waals surface area contributed by atoms with Crippen LogP contribution in [-0.4, -0.2) is 81.3 Å². The first-order chi connectivity index (χ1) is 15.1. The van der Waals surface area contributed by atoms with E-state index in [2.05, 4.69) is 14.6 Å². The fourth-order valence-corrected chi connectivity index (χ4v) is 7.67. The maximum absolute atomic E-state index is 13.0. The molecule has 1 N–H and O–H groups in total. The summed E-state index contributed by atoms with van der Waals surface area (Å²) >= 11 is 1.62. The standard InChI is InChI=1S/C20H26N4O5S3/c1-15-21-18(13-30-15)12-23-6-8-24(9-7-23)20(25)16-3-2-4-19(11-16)32(28,29)22-17-5-10-31(26,27)14-17/h2-4,11,13,17,22H,5-10,12,14H2,1H3/t17-/m0/s1. The van der Waals surface area contributed by atoms with Gasteiger partial charge in [0.2, 0.25) is 10.0 Å². The number of hydrogen-bond acceptors (Lipinski definition) is 8. The highest BCUT2D eigenvalue weighted by molar-refractivity contribution is 7.92. The van der Waals surface area contributed by atoms with Crippen LogP contribution in [0.5, 0.6) is 0 Å². The Morgan fingerprint density at radius 2 is 2.00 bits per heavy atom. The first-order valence-electron chi connectivity index (χ1n) is 10.4. The number of hydrogen-bond donors (Lipinski definition) is 1. The van der Waals surface area contributed by atoms with Gasteiger partial charge in [-0.25, -0.2) is 26.5 Å². The molecule has 12 heteroatoms. The molecule has 1 aromatic carbocycles. The predicted octanol–water partition coefficient (Wildman–Crippen LogP) is 0.875. The van der Waals surface area contributed by atoms with E-state index >= 15 is 0 Å². The molecular formula is C20H26N4O5S3. The minimum absolute atomic E-state index is 0.0211. The average Bonchev–Trinajstić information content (AvgIpc) is 3.31. The summed E-state index contributed by atoms with van der Waals surface area (Å²) in [6, 6.07) is 5.27. The van der Waals surface area contributed by atoms with Crippen LogP contribution in [0.2, 0.25) is 0 Å². The second-order valence-electron chi connectivity index (χ2n) is 8.18. The Bertz CT molecular complexity index is 1200. The number of carbonyl (C=O) groups is 1. The molecule has 0 radical (unpaired) electrons. The summed E-state index contributed by atoms with van der Waals surface area (Å²) in [5, 5.41) is 3.08. The number of nitrogens with one attached hydrogen (secondary N) is 1. The zero-order chi connectivity index (χ0) is 22.9. The first kappa shape index (κ1) is 23.3. The zero-order valence-corrected chi connectivity index (χ0v) is 20.2. The van der Waals surface area contributed by atoms with E-state index in [-0.39, 0.29) is 28.7 Å². The third-order valence-electron chi connectivity index (χ3n) is 5.66. The third kappa shape index (κ3) is 5.54. The van der Waals surface area contributed by atoms with E-state index in [4.69, 9.17) is 0 Å². The molecule has 1 atom stereocenters. The molecular weight excluding hydrogens is 472 g/mol. The summed E-state index contributed by atoms with van der Waals surface area (Å²) in [4.78, 5) is 21.4. The Morgan fingerprint density at radius 1 is 1.25 bits per heavy atom. The maximum atomic E-state index is 13.0. The third-order valence-corrected chi connectivity index (χ3v) is 9.77. The van der Waals surface area contributed by atoms with Crippen LogP contribution < -0.4 is 4.72 Å². The van der Waals surface area contributed by atoms with Crippen molar-refractivity contribution in [1.29, 1.82) is 0 Å². The van der Waals surface area contributed by atoms with Gasteiger partial charge >= 0.3 is 0 Å². The lowest BCUT2D eigenvalue weighted by Gasteiger charge is -2.34. The Kier molecular flexibility index (Phi) is 6.68. The maximum Gasteiger partial charge on any atom is 0.253 e. The lowest BCUT2D eigenvalue weighted by molar-refractivity contribution is 0.0627. The fourth-order valence-electron chi connectivity index (χ4n) is 3.97. The van der Waals surface area contributed by atoms with Crippen molar-refractivity contribution in [2.24, 2.45) is 0 Å². The zero-order valence-electron chi connectivity index (χ0n) is 17.7. The molecule has 0 aliphatic carbocycles. The van der Waals surface area contributed by atoms with Crippen LogP contribution in [0.15, 0.2) is 34.5 Å². The molecule has 3 heterocycles. The molecule has 2 saturated heterocycles. The normalized spacial score (nSPS) is 21.7. The Hall–Kier alpha value is -1.86. The van der Waals surface area contributed by atoms with Crippen molar-refractivity contribution in [3.05, 3.63) is 45.9 Å². The Balaban J connectivity index is 1.38. The highest BCUT2D eigenvalue weighted by atomic mass is 32.2. The number of sulfonamides is 1. The van der Waals surface area contributed by atoms with Gasteiger partial charge in [0.15, 0.2) is 9.84 Å². The summed E-state index contributed by atoms with van der Waals surface area (Å²) < 4.78 is 51.1. The van der Waals surface area contributed by atoms with E-state index in [0.29, 0.717) is 18.7 Å². The smallest absolute Gasteiger partial charge is 0.253 e. The van der Waals surface area contributed by atoms with Crippen molar-refractivity contribution in [3.8, 4) is 0 Å². The Morgan fingerprint density at radius 3 is 2.62 bits per heavy atom. The van der Waals surface area contributed by atoms with Crippen LogP contribution in [0.4, 0.5) is 0 Å². The number of sulfone groups is 1. The van der Waals surface area contributed by atoms with E-state index < -0.39 is 25.9 Å². The molecule has 2 aromatic rings. The number of aryl methyl sites for hydroxylation is 1. The summed E-state index contributed by atoms with van der Waals surface area (Å²) in [5.41, 5.74) is 1.34. The van der Waals surface area contributed by atoms with Crippen LogP contribution in [0.25, 0.3) is 0 Å². The number of aromatic nitrogens is 1.